The molecule has 4 rings (SSSR count). The Labute approximate surface area is 143 Å². The van der Waals surface area contributed by atoms with E-state index in [9.17, 15) is 9.59 Å². The highest BCUT2D eigenvalue weighted by Crippen LogP contribution is 2.31. The summed E-state index contributed by atoms with van der Waals surface area (Å²) in [6, 6.07) is 15.9. The van der Waals surface area contributed by atoms with E-state index in [-0.39, 0.29) is 11.6 Å². The molecule has 0 aliphatic rings. The summed E-state index contributed by atoms with van der Waals surface area (Å²) < 4.78 is 1.57. The number of hydrogen-bond acceptors (Lipinski definition) is 2. The zero-order chi connectivity index (χ0) is 17.6. The lowest BCUT2D eigenvalue weighted by Gasteiger charge is -2.10. The molecule has 0 aliphatic carbocycles. The molecule has 5 nitrogen and oxygen atoms in total. The highest BCUT2D eigenvalue weighted by molar-refractivity contribution is 6.02. The van der Waals surface area contributed by atoms with Crippen LogP contribution in [0.4, 0.5) is 0 Å². The van der Waals surface area contributed by atoms with Crippen molar-refractivity contribution in [3.63, 3.8) is 0 Å². The molecule has 0 bridgehead atoms. The van der Waals surface area contributed by atoms with E-state index in [0.29, 0.717) is 11.0 Å². The van der Waals surface area contributed by atoms with Gasteiger partial charge in [-0.25, -0.2) is 9.78 Å². The summed E-state index contributed by atoms with van der Waals surface area (Å²) in [7, 11) is 0. The maximum atomic E-state index is 12.6. The van der Waals surface area contributed by atoms with E-state index in [1.54, 1.807) is 10.8 Å². The Kier molecular flexibility index (Phi) is 3.50. The van der Waals surface area contributed by atoms with Gasteiger partial charge in [0.15, 0.2) is 0 Å². The molecule has 0 spiro atoms. The summed E-state index contributed by atoms with van der Waals surface area (Å²) in [5, 5.41) is 2.67. The van der Waals surface area contributed by atoms with Crippen LogP contribution < -0.4 is 16.2 Å². The van der Waals surface area contributed by atoms with E-state index in [0.717, 1.165) is 21.9 Å². The van der Waals surface area contributed by atoms with Gasteiger partial charge in [0, 0.05) is 5.56 Å². The molecule has 0 unspecified atom stereocenters. The number of fused-ring (bicyclic) bond motifs is 2. The molecule has 0 saturated carbocycles. The topological polar surface area (TPSA) is 69.0 Å². The molecule has 0 saturated heterocycles. The lowest BCUT2D eigenvalue weighted by atomic mass is 9.97. The zero-order valence-corrected chi connectivity index (χ0v) is 14.0. The van der Waals surface area contributed by atoms with Gasteiger partial charge in [-0.2, -0.15) is 4.57 Å². The van der Waals surface area contributed by atoms with Gasteiger partial charge in [-0.05, 0) is 36.2 Å². The average Bonchev–Trinajstić information content (AvgIpc) is 2.60. The molecule has 0 atom stereocenters. The fourth-order valence-electron chi connectivity index (χ4n) is 3.41. The second-order valence-electron chi connectivity index (χ2n) is 6.36. The third kappa shape index (κ3) is 2.36. The van der Waals surface area contributed by atoms with Gasteiger partial charge in [0.05, 0.1) is 6.20 Å². The van der Waals surface area contributed by atoms with Crippen LogP contribution in [0.2, 0.25) is 0 Å². The Morgan fingerprint density at radius 1 is 0.960 bits per heavy atom. The number of H-pyrrole nitrogens is 2. The van der Waals surface area contributed by atoms with Gasteiger partial charge in [-0.3, -0.25) is 9.78 Å². The van der Waals surface area contributed by atoms with Crippen LogP contribution >= 0.6 is 0 Å². The van der Waals surface area contributed by atoms with E-state index >= 15 is 0 Å². The maximum absolute atomic E-state index is 12.6. The monoisotopic (exact) mass is 332 g/mol. The quantitative estimate of drug-likeness (QED) is 0.613. The Balaban J connectivity index is 2.19. The molecular formula is C20H18N3O2+. The van der Waals surface area contributed by atoms with E-state index in [4.69, 9.17) is 0 Å². The molecule has 2 heterocycles. The van der Waals surface area contributed by atoms with Gasteiger partial charge in [-0.1, -0.05) is 42.5 Å². The van der Waals surface area contributed by atoms with Crippen molar-refractivity contribution in [1.82, 2.24) is 9.55 Å². The van der Waals surface area contributed by atoms with Crippen molar-refractivity contribution in [3.05, 3.63) is 75.6 Å². The van der Waals surface area contributed by atoms with Crippen LogP contribution in [0.15, 0.2) is 64.3 Å². The maximum Gasteiger partial charge on any atom is 0.416 e. The Morgan fingerprint density at radius 3 is 2.52 bits per heavy atom. The predicted molar refractivity (Wildman–Crippen MR) is 98.7 cm³/mol. The molecule has 2 aromatic heterocycles. The molecule has 0 amide bonds. The highest BCUT2D eigenvalue weighted by Gasteiger charge is 2.21. The van der Waals surface area contributed by atoms with Crippen molar-refractivity contribution in [3.8, 4) is 11.1 Å². The van der Waals surface area contributed by atoms with Gasteiger partial charge in [0.25, 0.3) is 11.2 Å². The number of nitrogens with zero attached hydrogens (tertiary/aromatic N) is 1. The first-order chi connectivity index (χ1) is 12.1. The third-order valence-corrected chi connectivity index (χ3v) is 4.48. The van der Waals surface area contributed by atoms with Crippen molar-refractivity contribution in [2.24, 2.45) is 0 Å². The standard InChI is InChI=1S/C20H17N3O2/c1-12(2)23-18-17(19(24)22-20(23)25)16(10-11-21-18)15-9-5-7-13-6-3-4-8-14(13)15/h3-12H,1-2H3,(H,22,24,25)/p+1. The van der Waals surface area contributed by atoms with Gasteiger partial charge in [0.2, 0.25) is 0 Å². The van der Waals surface area contributed by atoms with Gasteiger partial charge < -0.3 is 0 Å². The van der Waals surface area contributed by atoms with E-state index < -0.39 is 5.69 Å². The zero-order valence-electron chi connectivity index (χ0n) is 14.0. The molecule has 4 aromatic rings. The lowest BCUT2D eigenvalue weighted by Crippen LogP contribution is -2.34. The summed E-state index contributed by atoms with van der Waals surface area (Å²) in [6.45, 7) is 3.83. The van der Waals surface area contributed by atoms with E-state index in [2.05, 4.69) is 9.97 Å². The van der Waals surface area contributed by atoms with Crippen molar-refractivity contribution in [1.29, 1.82) is 0 Å². The van der Waals surface area contributed by atoms with Crippen LogP contribution in [0.1, 0.15) is 19.9 Å². The van der Waals surface area contributed by atoms with Crippen LogP contribution in [0, 0.1) is 0 Å². The van der Waals surface area contributed by atoms with Crippen LogP contribution in [0.25, 0.3) is 32.9 Å². The SMILES string of the molecule is CC(C)n1c(=O)[nH]c(=O)c2c(-c3cccc4ccccc34)cc[nH+]c21. The van der Waals surface area contributed by atoms with Gasteiger partial charge >= 0.3 is 5.69 Å². The van der Waals surface area contributed by atoms with E-state index in [1.165, 1.54) is 0 Å². The van der Waals surface area contributed by atoms with Crippen LogP contribution in [0.3, 0.4) is 0 Å². The molecule has 2 N–H and O–H groups in total. The van der Waals surface area contributed by atoms with Gasteiger partial charge in [0.1, 0.15) is 11.4 Å². The Bertz CT molecular complexity index is 1210. The number of pyridine rings is 1. The van der Waals surface area contributed by atoms with Crippen LogP contribution in [-0.2, 0) is 0 Å². The molecule has 5 heteroatoms. The minimum absolute atomic E-state index is 0.0779. The van der Waals surface area contributed by atoms with Gasteiger partial charge in [-0.15, -0.1) is 0 Å². The number of hydrogen-bond donors (Lipinski definition) is 1. The fraction of sp³-hybridized carbons (Fsp3) is 0.150. The first kappa shape index (κ1) is 15.3. The second kappa shape index (κ2) is 5.70. The summed E-state index contributed by atoms with van der Waals surface area (Å²) in [5.41, 5.74) is 1.53. The number of aromatic amines is 2. The predicted octanol–water partition coefficient (Wildman–Crippen LogP) is 2.91. The minimum Gasteiger partial charge on any atom is -0.268 e. The van der Waals surface area contributed by atoms with Crippen LogP contribution in [0.5, 0.6) is 0 Å². The number of aromatic nitrogens is 3. The molecule has 0 fully saturated rings. The first-order valence-electron chi connectivity index (χ1n) is 8.25. The molecule has 124 valence electrons. The van der Waals surface area contributed by atoms with Crippen molar-refractivity contribution >= 4 is 21.8 Å². The van der Waals surface area contributed by atoms with Crippen molar-refractivity contribution in [2.75, 3.05) is 0 Å². The highest BCUT2D eigenvalue weighted by atomic mass is 16.2. The van der Waals surface area contributed by atoms with Crippen LogP contribution in [-0.4, -0.2) is 9.55 Å². The van der Waals surface area contributed by atoms with E-state index in [1.807, 2.05) is 62.4 Å². The number of benzene rings is 2. The smallest absolute Gasteiger partial charge is 0.268 e. The molecule has 2 aromatic carbocycles. The molecule has 0 aliphatic heterocycles. The van der Waals surface area contributed by atoms with Crippen molar-refractivity contribution < 1.29 is 4.98 Å². The summed E-state index contributed by atoms with van der Waals surface area (Å²) in [6.07, 6.45) is 1.78. The Morgan fingerprint density at radius 2 is 1.72 bits per heavy atom. The van der Waals surface area contributed by atoms with Crippen molar-refractivity contribution in [2.45, 2.75) is 19.9 Å². The average molecular weight is 332 g/mol. The Hall–Kier alpha value is -3.21. The summed E-state index contributed by atoms with van der Waals surface area (Å²) >= 11 is 0. The second-order valence-corrected chi connectivity index (χ2v) is 6.36. The first-order valence-corrected chi connectivity index (χ1v) is 8.25. The number of nitrogens with one attached hydrogen (secondary N) is 2. The summed E-state index contributed by atoms with van der Waals surface area (Å²) in [4.78, 5) is 30.4. The lowest BCUT2D eigenvalue weighted by molar-refractivity contribution is -0.350. The normalized spacial score (nSPS) is 11.5. The molecule has 0 radical (unpaired) electrons. The third-order valence-electron chi connectivity index (χ3n) is 4.48. The number of rotatable bonds is 2. The molecular weight excluding hydrogens is 314 g/mol. The largest absolute Gasteiger partial charge is 0.416 e. The summed E-state index contributed by atoms with van der Waals surface area (Å²) in [5.74, 6) is 0. The fourth-order valence-corrected chi connectivity index (χ4v) is 3.41. The molecule has 25 heavy (non-hydrogen) atoms. The minimum atomic E-state index is -0.404.